The molecule has 3 aromatic heterocycles. The average molecular weight is 326 g/mol. The number of carbonyl (C=O) groups is 1. The molecule has 6 heteroatoms. The average Bonchev–Trinajstić information content (AvgIpc) is 3.21. The molecule has 0 spiro atoms. The van der Waals surface area contributed by atoms with Gasteiger partial charge in [0.1, 0.15) is 5.76 Å². The van der Waals surface area contributed by atoms with Gasteiger partial charge in [-0.3, -0.25) is 4.79 Å². The van der Waals surface area contributed by atoms with E-state index in [1.54, 1.807) is 24.4 Å². The van der Waals surface area contributed by atoms with Crippen molar-refractivity contribution >= 4 is 16.9 Å². The maximum Gasteiger partial charge on any atom is 0.255 e. The van der Waals surface area contributed by atoms with Gasteiger partial charge in [0.25, 0.3) is 5.91 Å². The van der Waals surface area contributed by atoms with Crippen LogP contribution in [0.5, 0.6) is 0 Å². The Morgan fingerprint density at radius 1 is 1.33 bits per heavy atom. The van der Waals surface area contributed by atoms with Crippen LogP contribution >= 0.6 is 0 Å². The topological polar surface area (TPSA) is 64.2 Å². The number of nitrogens with zero attached hydrogens (tertiary/aromatic N) is 4. The predicted octanol–water partition coefficient (Wildman–Crippen LogP) is 3.75. The summed E-state index contributed by atoms with van der Waals surface area (Å²) in [5, 5.41) is 5.17. The molecule has 0 fully saturated rings. The van der Waals surface area contributed by atoms with E-state index in [9.17, 15) is 4.79 Å². The molecule has 0 saturated heterocycles. The molecular formula is C18H22N4O2. The lowest BCUT2D eigenvalue weighted by molar-refractivity contribution is 0.0728. The number of carbonyl (C=O) groups excluding carboxylic acids is 1. The summed E-state index contributed by atoms with van der Waals surface area (Å²) in [7, 11) is 1.78. The van der Waals surface area contributed by atoms with Crippen LogP contribution in [-0.4, -0.2) is 32.6 Å². The monoisotopic (exact) mass is 326 g/mol. The van der Waals surface area contributed by atoms with Crippen LogP contribution in [0.15, 0.2) is 35.1 Å². The lowest BCUT2D eigenvalue weighted by Crippen LogP contribution is -2.29. The molecule has 0 N–H and O–H groups in total. The number of furan rings is 1. The number of rotatable bonds is 4. The highest BCUT2D eigenvalue weighted by Gasteiger charge is 2.24. The zero-order chi connectivity index (χ0) is 17.4. The van der Waals surface area contributed by atoms with Gasteiger partial charge in [-0.1, -0.05) is 0 Å². The Labute approximate surface area is 141 Å². The van der Waals surface area contributed by atoms with Gasteiger partial charge in [-0.25, -0.2) is 9.67 Å². The molecule has 0 bridgehead atoms. The van der Waals surface area contributed by atoms with Gasteiger partial charge in [0, 0.05) is 18.8 Å². The number of aromatic nitrogens is 3. The van der Waals surface area contributed by atoms with Crippen molar-refractivity contribution in [2.45, 2.75) is 39.8 Å². The van der Waals surface area contributed by atoms with E-state index in [4.69, 9.17) is 4.42 Å². The molecule has 6 nitrogen and oxygen atoms in total. The lowest BCUT2D eigenvalue weighted by atomic mass is 10.1. The first-order valence-electron chi connectivity index (χ1n) is 8.05. The van der Waals surface area contributed by atoms with E-state index in [0.29, 0.717) is 5.56 Å². The molecule has 1 atom stereocenters. The molecule has 0 aromatic carbocycles. The molecule has 126 valence electrons. The molecule has 1 unspecified atom stereocenters. The molecule has 3 rings (SSSR count). The third-order valence-corrected chi connectivity index (χ3v) is 4.27. The minimum Gasteiger partial charge on any atom is -0.467 e. The van der Waals surface area contributed by atoms with Crippen LogP contribution in [0, 0.1) is 6.92 Å². The van der Waals surface area contributed by atoms with Crippen molar-refractivity contribution in [2.75, 3.05) is 7.05 Å². The van der Waals surface area contributed by atoms with Gasteiger partial charge >= 0.3 is 0 Å². The van der Waals surface area contributed by atoms with Crippen molar-refractivity contribution in [3.8, 4) is 0 Å². The minimum atomic E-state index is -0.156. The second kappa shape index (κ2) is 6.11. The first-order chi connectivity index (χ1) is 11.4. The van der Waals surface area contributed by atoms with Gasteiger partial charge in [-0.05, 0) is 45.9 Å². The number of hydrogen-bond donors (Lipinski definition) is 0. The van der Waals surface area contributed by atoms with Gasteiger partial charge in [0.05, 0.1) is 29.5 Å². The molecule has 0 radical (unpaired) electrons. The van der Waals surface area contributed by atoms with Gasteiger partial charge < -0.3 is 9.32 Å². The molecule has 0 aliphatic heterocycles. The highest BCUT2D eigenvalue weighted by molar-refractivity contribution is 6.05. The highest BCUT2D eigenvalue weighted by atomic mass is 16.3. The van der Waals surface area contributed by atoms with Crippen LogP contribution < -0.4 is 0 Å². The van der Waals surface area contributed by atoms with Gasteiger partial charge in [0.2, 0.25) is 0 Å². The maximum absolute atomic E-state index is 13.0. The number of pyridine rings is 1. The molecular weight excluding hydrogens is 304 g/mol. The Morgan fingerprint density at radius 2 is 2.08 bits per heavy atom. The van der Waals surface area contributed by atoms with E-state index >= 15 is 0 Å². The Balaban J connectivity index is 2.03. The summed E-state index contributed by atoms with van der Waals surface area (Å²) in [6.45, 7) is 7.93. The molecule has 0 saturated carbocycles. The fourth-order valence-corrected chi connectivity index (χ4v) is 2.78. The van der Waals surface area contributed by atoms with E-state index < -0.39 is 0 Å². The lowest BCUT2D eigenvalue weighted by Gasteiger charge is -2.23. The Kier molecular flexibility index (Phi) is 4.13. The van der Waals surface area contributed by atoms with E-state index in [0.717, 1.165) is 22.5 Å². The quantitative estimate of drug-likeness (QED) is 0.732. The predicted molar refractivity (Wildman–Crippen MR) is 91.9 cm³/mol. The van der Waals surface area contributed by atoms with Gasteiger partial charge in [-0.2, -0.15) is 5.10 Å². The van der Waals surface area contributed by atoms with Crippen molar-refractivity contribution in [1.82, 2.24) is 19.7 Å². The van der Waals surface area contributed by atoms with Crippen molar-refractivity contribution in [1.29, 1.82) is 0 Å². The van der Waals surface area contributed by atoms with E-state index in [-0.39, 0.29) is 18.0 Å². The smallest absolute Gasteiger partial charge is 0.255 e. The Hall–Kier alpha value is -2.63. The Bertz CT molecular complexity index is 865. The minimum absolute atomic E-state index is 0.0716. The second-order valence-corrected chi connectivity index (χ2v) is 6.34. The zero-order valence-corrected chi connectivity index (χ0v) is 14.6. The second-order valence-electron chi connectivity index (χ2n) is 6.34. The molecule has 0 aliphatic carbocycles. The van der Waals surface area contributed by atoms with Gasteiger partial charge in [-0.15, -0.1) is 0 Å². The van der Waals surface area contributed by atoms with Crippen LogP contribution in [0.25, 0.3) is 11.0 Å². The van der Waals surface area contributed by atoms with Crippen molar-refractivity contribution in [3.63, 3.8) is 0 Å². The SMILES string of the molecule is Cc1cc(C(=O)N(C)C(C)c2ccco2)c2cnn(C(C)C)c2n1. The first kappa shape index (κ1) is 16.2. The van der Waals surface area contributed by atoms with E-state index in [1.807, 2.05) is 50.6 Å². The fraction of sp³-hybridized carbons (Fsp3) is 0.389. The molecule has 3 heterocycles. The summed E-state index contributed by atoms with van der Waals surface area (Å²) in [5.74, 6) is 0.684. The largest absolute Gasteiger partial charge is 0.467 e. The summed E-state index contributed by atoms with van der Waals surface area (Å²) >= 11 is 0. The third kappa shape index (κ3) is 2.68. The maximum atomic E-state index is 13.0. The van der Waals surface area contributed by atoms with Crippen LogP contribution in [0.2, 0.25) is 0 Å². The summed E-state index contributed by atoms with van der Waals surface area (Å²) in [6, 6.07) is 5.54. The van der Waals surface area contributed by atoms with Crippen LogP contribution in [0.1, 0.15) is 54.7 Å². The van der Waals surface area contributed by atoms with Gasteiger partial charge in [0.15, 0.2) is 5.65 Å². The van der Waals surface area contributed by atoms with E-state index in [2.05, 4.69) is 10.1 Å². The summed E-state index contributed by atoms with van der Waals surface area (Å²) < 4.78 is 7.27. The number of fused-ring (bicyclic) bond motifs is 1. The highest BCUT2D eigenvalue weighted by Crippen LogP contribution is 2.25. The zero-order valence-electron chi connectivity index (χ0n) is 14.6. The first-order valence-corrected chi connectivity index (χ1v) is 8.05. The van der Waals surface area contributed by atoms with Crippen molar-refractivity contribution in [2.24, 2.45) is 0 Å². The van der Waals surface area contributed by atoms with Crippen molar-refractivity contribution in [3.05, 3.63) is 47.7 Å². The number of hydrogen-bond acceptors (Lipinski definition) is 4. The molecule has 24 heavy (non-hydrogen) atoms. The summed E-state index contributed by atoms with van der Waals surface area (Å²) in [6.07, 6.45) is 3.34. The van der Waals surface area contributed by atoms with E-state index in [1.165, 1.54) is 0 Å². The fourth-order valence-electron chi connectivity index (χ4n) is 2.78. The molecule has 1 amide bonds. The van der Waals surface area contributed by atoms with Crippen molar-refractivity contribution < 1.29 is 9.21 Å². The molecule has 0 aliphatic rings. The number of aryl methyl sites for hydroxylation is 1. The van der Waals surface area contributed by atoms with Crippen LogP contribution in [0.3, 0.4) is 0 Å². The Morgan fingerprint density at radius 3 is 2.71 bits per heavy atom. The standard InChI is InChI=1S/C18H22N4O2/c1-11(2)22-17-15(10-19-22)14(9-12(3)20-17)18(23)21(5)13(4)16-7-6-8-24-16/h6-11,13H,1-5H3. The number of amides is 1. The molecule has 3 aromatic rings. The normalized spacial score (nSPS) is 12.8. The summed E-state index contributed by atoms with van der Waals surface area (Å²) in [5.41, 5.74) is 2.16. The summed E-state index contributed by atoms with van der Waals surface area (Å²) in [4.78, 5) is 19.3. The van der Waals surface area contributed by atoms with Crippen LogP contribution in [0.4, 0.5) is 0 Å². The van der Waals surface area contributed by atoms with Crippen LogP contribution in [-0.2, 0) is 0 Å². The third-order valence-electron chi connectivity index (χ3n) is 4.27.